The van der Waals surface area contributed by atoms with Crippen LogP contribution in [0, 0.1) is 0 Å². The SMILES string of the molecule is Nc1ccc(-c2nc(Cc3cccs3)no2)cc1Br. The first-order valence-electron chi connectivity index (χ1n) is 5.63. The largest absolute Gasteiger partial charge is 0.398 e. The third kappa shape index (κ3) is 2.69. The molecular formula is C13H10BrN3OS. The average molecular weight is 336 g/mol. The normalized spacial score (nSPS) is 10.8. The van der Waals surface area contributed by atoms with E-state index in [9.17, 15) is 0 Å². The highest BCUT2D eigenvalue weighted by atomic mass is 79.9. The van der Waals surface area contributed by atoms with Crippen molar-refractivity contribution in [1.29, 1.82) is 0 Å². The number of aromatic nitrogens is 2. The number of anilines is 1. The number of rotatable bonds is 3. The highest BCUT2D eigenvalue weighted by molar-refractivity contribution is 9.10. The molecule has 0 spiro atoms. The van der Waals surface area contributed by atoms with Gasteiger partial charge in [-0.05, 0) is 45.6 Å². The van der Waals surface area contributed by atoms with Crippen molar-refractivity contribution in [3.05, 3.63) is 50.9 Å². The summed E-state index contributed by atoms with van der Waals surface area (Å²) in [5.74, 6) is 1.19. The van der Waals surface area contributed by atoms with Crippen molar-refractivity contribution in [1.82, 2.24) is 10.1 Å². The molecule has 0 aliphatic carbocycles. The summed E-state index contributed by atoms with van der Waals surface area (Å²) in [6.45, 7) is 0. The Bertz CT molecular complexity index is 694. The second-order valence-corrected chi connectivity index (χ2v) is 5.89. The number of nitrogens with zero attached hydrogens (tertiary/aromatic N) is 2. The fourth-order valence-corrected chi connectivity index (χ4v) is 2.75. The van der Waals surface area contributed by atoms with Crippen LogP contribution in [0.25, 0.3) is 11.5 Å². The van der Waals surface area contributed by atoms with Crippen LogP contribution in [0.4, 0.5) is 5.69 Å². The van der Waals surface area contributed by atoms with Gasteiger partial charge in [0.2, 0.25) is 0 Å². The Morgan fingerprint density at radius 3 is 2.95 bits per heavy atom. The van der Waals surface area contributed by atoms with Crippen LogP contribution in [0.5, 0.6) is 0 Å². The minimum Gasteiger partial charge on any atom is -0.398 e. The second kappa shape index (κ2) is 5.14. The molecule has 3 rings (SSSR count). The molecule has 1 aromatic carbocycles. The van der Waals surface area contributed by atoms with Gasteiger partial charge in [-0.15, -0.1) is 11.3 Å². The summed E-state index contributed by atoms with van der Waals surface area (Å²) in [6.07, 6.45) is 0.692. The van der Waals surface area contributed by atoms with Crippen LogP contribution in [0.3, 0.4) is 0 Å². The summed E-state index contributed by atoms with van der Waals surface area (Å²) in [5.41, 5.74) is 7.29. The summed E-state index contributed by atoms with van der Waals surface area (Å²) in [5, 5.41) is 6.03. The first kappa shape index (κ1) is 12.4. The van der Waals surface area contributed by atoms with Gasteiger partial charge < -0.3 is 10.3 Å². The molecule has 0 aliphatic rings. The molecule has 2 N–H and O–H groups in total. The van der Waals surface area contributed by atoms with Crippen LogP contribution in [0.15, 0.2) is 44.7 Å². The van der Waals surface area contributed by atoms with Crippen molar-refractivity contribution in [3.63, 3.8) is 0 Å². The number of hydrogen-bond acceptors (Lipinski definition) is 5. The van der Waals surface area contributed by atoms with E-state index in [2.05, 4.69) is 32.1 Å². The van der Waals surface area contributed by atoms with Crippen LogP contribution in [0.2, 0.25) is 0 Å². The van der Waals surface area contributed by atoms with Crippen LogP contribution < -0.4 is 5.73 Å². The molecule has 0 saturated heterocycles. The Balaban J connectivity index is 1.86. The van der Waals surface area contributed by atoms with Gasteiger partial charge in [-0.2, -0.15) is 4.98 Å². The van der Waals surface area contributed by atoms with E-state index < -0.39 is 0 Å². The lowest BCUT2D eigenvalue weighted by molar-refractivity contribution is 0.424. The third-order valence-corrected chi connectivity index (χ3v) is 4.19. The maximum atomic E-state index is 5.75. The zero-order valence-corrected chi connectivity index (χ0v) is 12.2. The van der Waals surface area contributed by atoms with E-state index in [1.54, 1.807) is 11.3 Å². The Hall–Kier alpha value is -1.66. The van der Waals surface area contributed by atoms with E-state index in [1.165, 1.54) is 4.88 Å². The van der Waals surface area contributed by atoms with Gasteiger partial charge >= 0.3 is 0 Å². The average Bonchev–Trinajstić information content (AvgIpc) is 3.05. The molecule has 6 heteroatoms. The van der Waals surface area contributed by atoms with Crippen LogP contribution >= 0.6 is 27.3 Å². The summed E-state index contributed by atoms with van der Waals surface area (Å²) in [4.78, 5) is 5.61. The Morgan fingerprint density at radius 1 is 1.32 bits per heavy atom. The van der Waals surface area contributed by atoms with Crippen molar-refractivity contribution in [2.45, 2.75) is 6.42 Å². The second-order valence-electron chi connectivity index (χ2n) is 4.01. The fourth-order valence-electron chi connectivity index (χ4n) is 1.67. The quantitative estimate of drug-likeness (QED) is 0.740. The molecule has 0 aliphatic heterocycles. The molecular weight excluding hydrogens is 326 g/mol. The number of nitrogen functional groups attached to an aromatic ring is 1. The third-order valence-electron chi connectivity index (χ3n) is 2.63. The summed E-state index contributed by atoms with van der Waals surface area (Å²) in [7, 11) is 0. The van der Waals surface area contributed by atoms with Crippen molar-refractivity contribution in [2.24, 2.45) is 0 Å². The van der Waals surface area contributed by atoms with Gasteiger partial charge in [-0.1, -0.05) is 11.2 Å². The molecule has 2 aromatic heterocycles. The number of benzene rings is 1. The predicted molar refractivity (Wildman–Crippen MR) is 79.0 cm³/mol. The van der Waals surface area contributed by atoms with Gasteiger partial charge in [0, 0.05) is 27.0 Å². The van der Waals surface area contributed by atoms with Gasteiger partial charge in [0.1, 0.15) is 0 Å². The highest BCUT2D eigenvalue weighted by Crippen LogP contribution is 2.26. The van der Waals surface area contributed by atoms with Gasteiger partial charge in [-0.3, -0.25) is 0 Å². The molecule has 2 heterocycles. The van der Waals surface area contributed by atoms with Crippen LogP contribution in [-0.2, 0) is 6.42 Å². The molecule has 3 aromatic rings. The Morgan fingerprint density at radius 2 is 2.21 bits per heavy atom. The zero-order valence-electron chi connectivity index (χ0n) is 9.84. The minimum absolute atomic E-state index is 0.507. The van der Waals surface area contributed by atoms with E-state index >= 15 is 0 Å². The van der Waals surface area contributed by atoms with E-state index in [-0.39, 0.29) is 0 Å². The standard InChI is InChI=1S/C13H10BrN3OS/c14-10-6-8(3-4-11(10)15)13-16-12(17-18-13)7-9-2-1-5-19-9/h1-6H,7,15H2. The lowest BCUT2D eigenvalue weighted by atomic mass is 10.2. The number of thiophene rings is 1. The summed E-state index contributed by atoms with van der Waals surface area (Å²) < 4.78 is 6.10. The number of hydrogen-bond donors (Lipinski definition) is 1. The van der Waals surface area contributed by atoms with E-state index in [4.69, 9.17) is 10.3 Å². The van der Waals surface area contributed by atoms with Crippen molar-refractivity contribution in [2.75, 3.05) is 5.73 Å². The molecule has 0 unspecified atom stereocenters. The maximum Gasteiger partial charge on any atom is 0.257 e. The van der Waals surface area contributed by atoms with Crippen molar-refractivity contribution < 1.29 is 4.52 Å². The van der Waals surface area contributed by atoms with Gasteiger partial charge in [0.25, 0.3) is 5.89 Å². The number of halogens is 1. The van der Waals surface area contributed by atoms with E-state index in [0.29, 0.717) is 23.8 Å². The zero-order chi connectivity index (χ0) is 13.2. The first-order chi connectivity index (χ1) is 9.22. The van der Waals surface area contributed by atoms with Gasteiger partial charge in [0.05, 0.1) is 0 Å². The lowest BCUT2D eigenvalue weighted by Crippen LogP contribution is -1.88. The molecule has 96 valence electrons. The lowest BCUT2D eigenvalue weighted by Gasteiger charge is -1.98. The molecule has 0 bridgehead atoms. The maximum absolute atomic E-state index is 5.75. The van der Waals surface area contributed by atoms with Gasteiger partial charge in [-0.25, -0.2) is 0 Å². The minimum atomic E-state index is 0.507. The first-order valence-corrected chi connectivity index (χ1v) is 7.30. The highest BCUT2D eigenvalue weighted by Gasteiger charge is 2.10. The van der Waals surface area contributed by atoms with Crippen LogP contribution in [0.1, 0.15) is 10.7 Å². The fraction of sp³-hybridized carbons (Fsp3) is 0.0769. The smallest absolute Gasteiger partial charge is 0.257 e. The Kier molecular flexibility index (Phi) is 3.35. The molecule has 0 fully saturated rings. The molecule has 0 atom stereocenters. The topological polar surface area (TPSA) is 64.9 Å². The van der Waals surface area contributed by atoms with Crippen LogP contribution in [-0.4, -0.2) is 10.1 Å². The van der Waals surface area contributed by atoms with Crippen molar-refractivity contribution in [3.8, 4) is 11.5 Å². The van der Waals surface area contributed by atoms with Gasteiger partial charge in [0.15, 0.2) is 5.82 Å². The summed E-state index contributed by atoms with van der Waals surface area (Å²) in [6, 6.07) is 9.61. The molecule has 0 amide bonds. The number of nitrogens with two attached hydrogens (primary N) is 1. The molecule has 4 nitrogen and oxygen atoms in total. The molecule has 0 saturated carbocycles. The predicted octanol–water partition coefficient (Wildman–Crippen LogP) is 3.73. The van der Waals surface area contributed by atoms with E-state index in [1.807, 2.05) is 29.6 Å². The molecule has 19 heavy (non-hydrogen) atoms. The Labute approximate surface area is 122 Å². The summed E-state index contributed by atoms with van der Waals surface area (Å²) >= 11 is 5.07. The monoisotopic (exact) mass is 335 g/mol. The van der Waals surface area contributed by atoms with Crippen molar-refractivity contribution >= 4 is 33.0 Å². The molecule has 0 radical (unpaired) electrons. The van der Waals surface area contributed by atoms with E-state index in [0.717, 1.165) is 10.0 Å².